The summed E-state index contributed by atoms with van der Waals surface area (Å²) in [5.41, 5.74) is -0.921. The zero-order valence-electron chi connectivity index (χ0n) is 16.3. The summed E-state index contributed by atoms with van der Waals surface area (Å²) in [5, 5.41) is 39.7. The number of carboxylic acid groups (broad SMARTS) is 1. The van der Waals surface area contributed by atoms with Crippen LogP contribution in [0, 0.1) is 11.8 Å². The number of aliphatic carboxylic acids is 1. The number of alkyl halides is 1. The molecule has 0 aliphatic heterocycles. The smallest absolute Gasteiger partial charge is 0.303 e. The van der Waals surface area contributed by atoms with E-state index < -0.39 is 23.8 Å². The lowest BCUT2D eigenvalue weighted by Crippen LogP contribution is -2.30. The Bertz CT molecular complexity index is 493. The van der Waals surface area contributed by atoms with E-state index in [0.717, 1.165) is 12.8 Å². The lowest BCUT2D eigenvalue weighted by atomic mass is 9.88. The zero-order chi connectivity index (χ0) is 20.3. The van der Waals surface area contributed by atoms with Gasteiger partial charge in [0.05, 0.1) is 23.7 Å². The van der Waals surface area contributed by atoms with Crippen LogP contribution in [0.2, 0.25) is 0 Å². The summed E-state index contributed by atoms with van der Waals surface area (Å²) in [6.45, 7) is 2.07. The molecule has 0 amide bonds. The number of hydrogen-bond acceptors (Lipinski definition) is 4. The zero-order valence-corrected chi connectivity index (χ0v) is 17.0. The van der Waals surface area contributed by atoms with Crippen LogP contribution in [0.1, 0.15) is 64.7 Å². The van der Waals surface area contributed by atoms with Gasteiger partial charge in [0.1, 0.15) is 0 Å². The Morgan fingerprint density at radius 3 is 2.56 bits per heavy atom. The minimum absolute atomic E-state index is 0.0771. The molecule has 5 nitrogen and oxygen atoms in total. The Labute approximate surface area is 167 Å². The van der Waals surface area contributed by atoms with Gasteiger partial charge in [-0.25, -0.2) is 0 Å². The Hall–Kier alpha value is -0.880. The van der Waals surface area contributed by atoms with E-state index in [0.29, 0.717) is 38.5 Å². The highest BCUT2D eigenvalue weighted by atomic mass is 35.5. The second-order valence-corrected chi connectivity index (χ2v) is 7.97. The first kappa shape index (κ1) is 24.2. The topological polar surface area (TPSA) is 98.0 Å². The van der Waals surface area contributed by atoms with Gasteiger partial charge < -0.3 is 20.4 Å². The van der Waals surface area contributed by atoms with Crippen LogP contribution in [0.5, 0.6) is 0 Å². The third-order valence-electron chi connectivity index (χ3n) is 5.35. The monoisotopic (exact) mass is 402 g/mol. The molecule has 1 aliphatic carbocycles. The number of aliphatic hydroxyl groups is 3. The van der Waals surface area contributed by atoms with Crippen molar-refractivity contribution in [3.05, 3.63) is 24.3 Å². The van der Waals surface area contributed by atoms with Crippen LogP contribution < -0.4 is 0 Å². The maximum absolute atomic E-state index is 10.5. The van der Waals surface area contributed by atoms with E-state index in [-0.39, 0.29) is 24.1 Å². The fourth-order valence-electron chi connectivity index (χ4n) is 3.62. The molecular weight excluding hydrogens is 368 g/mol. The molecule has 1 saturated carbocycles. The van der Waals surface area contributed by atoms with E-state index in [4.69, 9.17) is 16.7 Å². The second kappa shape index (κ2) is 12.6. The van der Waals surface area contributed by atoms with E-state index in [9.17, 15) is 20.1 Å². The molecule has 4 N–H and O–H groups in total. The second-order valence-electron chi connectivity index (χ2n) is 7.70. The number of carboxylic acids is 1. The van der Waals surface area contributed by atoms with Crippen molar-refractivity contribution in [2.45, 2.75) is 82.5 Å². The minimum atomic E-state index is -0.921. The summed E-state index contributed by atoms with van der Waals surface area (Å²) in [7, 11) is 0. The lowest BCUT2D eigenvalue weighted by Gasteiger charge is -2.25. The summed E-state index contributed by atoms with van der Waals surface area (Å²) in [5.74, 6) is -0.852. The number of aliphatic hydroxyl groups excluding tert-OH is 2. The van der Waals surface area contributed by atoms with E-state index >= 15 is 0 Å². The normalized spacial score (nSPS) is 28.2. The van der Waals surface area contributed by atoms with E-state index in [1.165, 1.54) is 0 Å². The molecule has 1 rings (SSSR count). The van der Waals surface area contributed by atoms with Crippen LogP contribution >= 0.6 is 11.6 Å². The molecule has 0 bridgehead atoms. The number of hydrogen-bond donors (Lipinski definition) is 4. The first-order chi connectivity index (χ1) is 12.8. The summed E-state index contributed by atoms with van der Waals surface area (Å²) in [4.78, 5) is 10.5. The summed E-state index contributed by atoms with van der Waals surface area (Å²) in [6.07, 6.45) is 12.0. The average Bonchev–Trinajstić information content (AvgIpc) is 2.89. The van der Waals surface area contributed by atoms with Crippen LogP contribution in [-0.4, -0.2) is 50.1 Å². The van der Waals surface area contributed by atoms with Gasteiger partial charge in [-0.1, -0.05) is 44.1 Å². The third-order valence-corrected chi connectivity index (χ3v) is 5.85. The Morgan fingerprint density at radius 2 is 1.93 bits per heavy atom. The number of allylic oxidation sites excluding steroid dienone is 2. The van der Waals surface area contributed by atoms with Gasteiger partial charge in [0.2, 0.25) is 0 Å². The van der Waals surface area contributed by atoms with Gasteiger partial charge in [-0.2, -0.15) is 0 Å². The molecule has 5 atom stereocenters. The maximum atomic E-state index is 10.5. The predicted octanol–water partition coefficient (Wildman–Crippen LogP) is 3.65. The van der Waals surface area contributed by atoms with Gasteiger partial charge in [-0.15, -0.1) is 11.6 Å². The summed E-state index contributed by atoms with van der Waals surface area (Å²) >= 11 is 5.93. The molecule has 156 valence electrons. The Kier molecular flexibility index (Phi) is 11.2. The van der Waals surface area contributed by atoms with Gasteiger partial charge in [-0.05, 0) is 38.0 Å². The van der Waals surface area contributed by atoms with Crippen molar-refractivity contribution in [3.8, 4) is 0 Å². The fraction of sp³-hybridized carbons (Fsp3) is 0.762. The number of halogens is 1. The maximum Gasteiger partial charge on any atom is 0.303 e. The molecule has 0 radical (unpaired) electrons. The molecule has 0 saturated heterocycles. The van der Waals surface area contributed by atoms with Crippen LogP contribution in [-0.2, 0) is 4.79 Å². The van der Waals surface area contributed by atoms with Gasteiger partial charge in [-0.3, -0.25) is 4.79 Å². The van der Waals surface area contributed by atoms with E-state index in [1.807, 2.05) is 24.3 Å². The largest absolute Gasteiger partial charge is 0.481 e. The molecule has 0 heterocycles. The van der Waals surface area contributed by atoms with Gasteiger partial charge >= 0.3 is 5.97 Å². The minimum Gasteiger partial charge on any atom is -0.481 e. The molecule has 1 aliphatic rings. The Morgan fingerprint density at radius 1 is 1.19 bits per heavy atom. The van der Waals surface area contributed by atoms with Gasteiger partial charge in [0, 0.05) is 18.8 Å². The number of rotatable bonds is 13. The standard InChI is InChI=1S/C21H35ClO5/c1-2-3-12-21(27,15-22)13-8-10-17-16(18(23)14-19(17)24)9-6-4-5-7-11-20(25)26/h4,6,8,10,16-19,23-24,27H,2-3,5,7,9,11-15H2,1H3,(H,25,26)/b6-4-,10-8+/t16-,17-,18+,19-,21?/m1/s1. The van der Waals surface area contributed by atoms with Crippen LogP contribution in [0.4, 0.5) is 0 Å². The SMILES string of the molecule is CCCCC(O)(CCl)C/C=C/[C@@H]1[C@@H](C/C=C\CCCC(=O)O)[C@@H](O)C[C@H]1O. The molecule has 27 heavy (non-hydrogen) atoms. The number of unbranched alkanes of at least 4 members (excludes halogenated alkanes) is 2. The van der Waals surface area contributed by atoms with Crippen molar-refractivity contribution in [3.63, 3.8) is 0 Å². The van der Waals surface area contributed by atoms with Crippen LogP contribution in [0.25, 0.3) is 0 Å². The van der Waals surface area contributed by atoms with E-state index in [2.05, 4.69) is 6.92 Å². The lowest BCUT2D eigenvalue weighted by molar-refractivity contribution is -0.137. The quantitative estimate of drug-likeness (QED) is 0.214. The first-order valence-electron chi connectivity index (χ1n) is 10.0. The van der Waals surface area contributed by atoms with Crippen molar-refractivity contribution in [1.82, 2.24) is 0 Å². The highest BCUT2D eigenvalue weighted by molar-refractivity contribution is 6.18. The molecule has 0 aromatic heterocycles. The summed E-state index contributed by atoms with van der Waals surface area (Å²) in [6, 6.07) is 0. The number of carbonyl (C=O) groups is 1. The first-order valence-corrected chi connectivity index (χ1v) is 10.5. The van der Waals surface area contributed by atoms with Crippen molar-refractivity contribution in [2.24, 2.45) is 11.8 Å². The molecule has 0 spiro atoms. The van der Waals surface area contributed by atoms with Crippen molar-refractivity contribution in [1.29, 1.82) is 0 Å². The molecular formula is C21H35ClO5. The summed E-state index contributed by atoms with van der Waals surface area (Å²) < 4.78 is 0. The highest BCUT2D eigenvalue weighted by Crippen LogP contribution is 2.36. The van der Waals surface area contributed by atoms with Crippen molar-refractivity contribution < 1.29 is 25.2 Å². The van der Waals surface area contributed by atoms with Crippen molar-refractivity contribution in [2.75, 3.05) is 5.88 Å². The molecule has 6 heteroatoms. The van der Waals surface area contributed by atoms with Crippen molar-refractivity contribution >= 4 is 17.6 Å². The molecule has 1 unspecified atom stereocenters. The molecule has 0 aromatic carbocycles. The van der Waals surface area contributed by atoms with Gasteiger partial charge in [0.15, 0.2) is 0 Å². The fourth-order valence-corrected chi connectivity index (χ4v) is 3.87. The van der Waals surface area contributed by atoms with E-state index in [1.54, 1.807) is 0 Å². The van der Waals surface area contributed by atoms with Gasteiger partial charge in [0.25, 0.3) is 0 Å². The third kappa shape index (κ3) is 8.77. The molecule has 0 aromatic rings. The average molecular weight is 403 g/mol. The highest BCUT2D eigenvalue weighted by Gasteiger charge is 2.39. The van der Waals surface area contributed by atoms with Crippen LogP contribution in [0.15, 0.2) is 24.3 Å². The Balaban J connectivity index is 2.57. The molecule has 1 fully saturated rings. The van der Waals surface area contributed by atoms with Crippen LogP contribution in [0.3, 0.4) is 0 Å². The predicted molar refractivity (Wildman–Crippen MR) is 108 cm³/mol.